The van der Waals surface area contributed by atoms with Gasteiger partial charge in [-0.15, -0.1) is 0 Å². The van der Waals surface area contributed by atoms with Crippen molar-refractivity contribution in [3.63, 3.8) is 0 Å². The number of allylic oxidation sites excluding steroid dienone is 1. The van der Waals surface area contributed by atoms with Crippen LogP contribution >= 0.6 is 0 Å². The fourth-order valence-electron chi connectivity index (χ4n) is 2.64. The molecule has 0 atom stereocenters. The first-order valence-electron chi connectivity index (χ1n) is 6.99. The van der Waals surface area contributed by atoms with Gasteiger partial charge in [-0.3, -0.25) is 20.0 Å². The van der Waals surface area contributed by atoms with Crippen LogP contribution in [0.2, 0.25) is 0 Å². The second kappa shape index (κ2) is 4.52. The maximum absolute atomic E-state index is 11.9. The van der Waals surface area contributed by atoms with E-state index in [0.717, 1.165) is 18.5 Å². The molecule has 4 rings (SSSR count). The third kappa shape index (κ3) is 2.07. The summed E-state index contributed by atoms with van der Waals surface area (Å²) in [7, 11) is 0. The Morgan fingerprint density at radius 3 is 2.86 bits per heavy atom. The van der Waals surface area contributed by atoms with Gasteiger partial charge < -0.3 is 5.10 Å². The highest BCUT2D eigenvalue weighted by atomic mass is 16.6. The molecule has 2 aromatic rings. The second-order valence-corrected chi connectivity index (χ2v) is 5.51. The largest absolute Gasteiger partial charge is 0.301 e. The summed E-state index contributed by atoms with van der Waals surface area (Å²) in [5, 5.41) is 17.7. The summed E-state index contributed by atoms with van der Waals surface area (Å²) in [6.45, 7) is 0. The van der Waals surface area contributed by atoms with E-state index in [4.69, 9.17) is 0 Å². The average Bonchev–Trinajstić information content (AvgIpc) is 3.15. The minimum absolute atomic E-state index is 0.0320. The fourth-order valence-corrected chi connectivity index (χ4v) is 2.64. The molecule has 2 heterocycles. The van der Waals surface area contributed by atoms with Gasteiger partial charge in [-0.05, 0) is 31.1 Å². The number of nitro groups is 1. The van der Waals surface area contributed by atoms with E-state index < -0.39 is 4.92 Å². The van der Waals surface area contributed by atoms with E-state index in [2.05, 4.69) is 15.2 Å². The van der Waals surface area contributed by atoms with Crippen LogP contribution in [0, 0.1) is 10.1 Å². The minimum Gasteiger partial charge on any atom is -0.301 e. The first kappa shape index (κ1) is 12.8. The lowest BCUT2D eigenvalue weighted by Gasteiger charge is -1.94. The van der Waals surface area contributed by atoms with Crippen molar-refractivity contribution in [3.05, 3.63) is 66.2 Å². The van der Waals surface area contributed by atoms with Gasteiger partial charge in [-0.25, -0.2) is 4.99 Å². The van der Waals surface area contributed by atoms with Crippen LogP contribution in [0.3, 0.4) is 0 Å². The van der Waals surface area contributed by atoms with Crippen molar-refractivity contribution >= 4 is 17.8 Å². The number of nitrogens with one attached hydrogen (secondary N) is 2. The standard InChI is InChI=1S/C15H12N4O3/c20-15-12(14(17-18-15)8-1-2-8)7-10-5-9-6-11(19(21)22)3-4-13(9)16-10/h3-8H,1-2H2,(H2,17,18,20). The Kier molecular flexibility index (Phi) is 2.62. The number of hydrogen-bond acceptors (Lipinski definition) is 4. The van der Waals surface area contributed by atoms with Crippen molar-refractivity contribution in [1.82, 2.24) is 10.2 Å². The van der Waals surface area contributed by atoms with Crippen LogP contribution < -0.4 is 16.1 Å². The summed E-state index contributed by atoms with van der Waals surface area (Å²) in [4.78, 5) is 26.7. The van der Waals surface area contributed by atoms with Crippen molar-refractivity contribution in [2.75, 3.05) is 0 Å². The zero-order valence-electron chi connectivity index (χ0n) is 11.5. The van der Waals surface area contributed by atoms with Gasteiger partial charge in [0.25, 0.3) is 11.2 Å². The molecule has 0 spiro atoms. The Balaban J connectivity index is 1.80. The fraction of sp³-hybridized carbons (Fsp3) is 0.200. The molecular formula is C15H12N4O3. The van der Waals surface area contributed by atoms with Gasteiger partial charge in [0.05, 0.1) is 21.5 Å². The Morgan fingerprint density at radius 2 is 2.14 bits per heavy atom. The first-order valence-corrected chi connectivity index (χ1v) is 6.99. The van der Waals surface area contributed by atoms with Gasteiger partial charge >= 0.3 is 0 Å². The third-order valence-corrected chi connectivity index (χ3v) is 3.90. The summed E-state index contributed by atoms with van der Waals surface area (Å²) in [6.07, 6.45) is 5.65. The van der Waals surface area contributed by atoms with Gasteiger partial charge in [0.2, 0.25) is 0 Å². The topological polar surface area (TPSA) is 104 Å². The molecule has 2 N–H and O–H groups in total. The van der Waals surface area contributed by atoms with Gasteiger partial charge in [-0.1, -0.05) is 0 Å². The molecule has 1 aliphatic carbocycles. The molecule has 7 heteroatoms. The molecule has 110 valence electrons. The number of nitro benzene ring substituents is 1. The molecule has 1 aromatic carbocycles. The molecule has 1 fully saturated rings. The molecule has 0 bridgehead atoms. The number of aromatic nitrogens is 2. The molecule has 22 heavy (non-hydrogen) atoms. The minimum atomic E-state index is -0.433. The number of H-pyrrole nitrogens is 2. The molecule has 2 aliphatic rings. The SMILES string of the molecule is O=c1[nH][nH]c(C2CC2)c1C=C1C=c2cc([N+](=O)[O-])ccc2=N1. The third-order valence-electron chi connectivity index (χ3n) is 3.90. The van der Waals surface area contributed by atoms with Crippen LogP contribution in [-0.4, -0.2) is 15.1 Å². The van der Waals surface area contributed by atoms with E-state index >= 15 is 0 Å². The summed E-state index contributed by atoms with van der Waals surface area (Å²) in [6, 6.07) is 4.54. The monoisotopic (exact) mass is 296 g/mol. The molecule has 1 aromatic heterocycles. The number of non-ortho nitro benzene ring substituents is 1. The molecule has 1 saturated carbocycles. The molecule has 0 saturated heterocycles. The summed E-state index contributed by atoms with van der Waals surface area (Å²) in [5.41, 5.74) is 2.01. The Labute approximate surface area is 123 Å². The Bertz CT molecular complexity index is 993. The van der Waals surface area contributed by atoms with E-state index in [1.165, 1.54) is 12.1 Å². The quantitative estimate of drug-likeness (QED) is 0.650. The van der Waals surface area contributed by atoms with Crippen molar-refractivity contribution in [3.8, 4) is 0 Å². The van der Waals surface area contributed by atoms with Crippen LogP contribution in [0.25, 0.3) is 12.2 Å². The predicted molar refractivity (Wildman–Crippen MR) is 79.7 cm³/mol. The van der Waals surface area contributed by atoms with E-state index in [1.54, 1.807) is 18.2 Å². The lowest BCUT2D eigenvalue weighted by Crippen LogP contribution is -2.20. The molecule has 7 nitrogen and oxygen atoms in total. The number of nitrogens with zero attached hydrogens (tertiary/aromatic N) is 2. The highest BCUT2D eigenvalue weighted by Gasteiger charge is 2.28. The highest BCUT2D eigenvalue weighted by Crippen LogP contribution is 2.40. The summed E-state index contributed by atoms with van der Waals surface area (Å²) in [5.74, 6) is 0.413. The van der Waals surface area contributed by atoms with Crippen LogP contribution in [-0.2, 0) is 0 Å². The van der Waals surface area contributed by atoms with Crippen LogP contribution in [0.1, 0.15) is 30.0 Å². The van der Waals surface area contributed by atoms with E-state index in [0.29, 0.717) is 27.8 Å². The predicted octanol–water partition coefficient (Wildman–Crippen LogP) is 0.943. The molecule has 0 amide bonds. The summed E-state index contributed by atoms with van der Waals surface area (Å²) >= 11 is 0. The first-order chi connectivity index (χ1) is 10.6. The molecule has 0 unspecified atom stereocenters. The normalized spacial score (nSPS) is 17.9. The number of rotatable bonds is 3. The van der Waals surface area contributed by atoms with Crippen molar-refractivity contribution < 1.29 is 4.92 Å². The maximum atomic E-state index is 11.9. The van der Waals surface area contributed by atoms with Crippen LogP contribution in [0.15, 0.2) is 33.7 Å². The Morgan fingerprint density at radius 1 is 1.32 bits per heavy atom. The van der Waals surface area contributed by atoms with Gasteiger partial charge in [0, 0.05) is 29.0 Å². The lowest BCUT2D eigenvalue weighted by atomic mass is 10.1. The van der Waals surface area contributed by atoms with E-state index in [9.17, 15) is 14.9 Å². The van der Waals surface area contributed by atoms with Gasteiger partial charge in [0.15, 0.2) is 0 Å². The molecule has 1 aliphatic heterocycles. The number of aromatic amines is 2. The zero-order chi connectivity index (χ0) is 15.3. The average molecular weight is 296 g/mol. The maximum Gasteiger partial charge on any atom is 0.271 e. The van der Waals surface area contributed by atoms with Gasteiger partial charge in [-0.2, -0.15) is 0 Å². The van der Waals surface area contributed by atoms with Crippen LogP contribution in [0.5, 0.6) is 0 Å². The summed E-state index contributed by atoms with van der Waals surface area (Å²) < 4.78 is 0. The Hall–Kier alpha value is -2.96. The lowest BCUT2D eigenvalue weighted by molar-refractivity contribution is -0.385. The molecular weight excluding hydrogens is 284 g/mol. The smallest absolute Gasteiger partial charge is 0.271 e. The number of fused-ring (bicyclic) bond motifs is 1. The second-order valence-electron chi connectivity index (χ2n) is 5.51. The molecule has 0 radical (unpaired) electrons. The van der Waals surface area contributed by atoms with Crippen LogP contribution in [0.4, 0.5) is 5.69 Å². The van der Waals surface area contributed by atoms with Crippen molar-refractivity contribution in [2.24, 2.45) is 4.99 Å². The van der Waals surface area contributed by atoms with Gasteiger partial charge in [0.1, 0.15) is 0 Å². The van der Waals surface area contributed by atoms with Crippen molar-refractivity contribution in [2.45, 2.75) is 18.8 Å². The van der Waals surface area contributed by atoms with Crippen molar-refractivity contribution in [1.29, 1.82) is 0 Å². The number of hydrogen-bond donors (Lipinski definition) is 2. The van der Waals surface area contributed by atoms with E-state index in [-0.39, 0.29) is 11.2 Å². The number of benzene rings is 1. The highest BCUT2D eigenvalue weighted by molar-refractivity contribution is 5.67. The van der Waals surface area contributed by atoms with E-state index in [1.807, 2.05) is 0 Å². The zero-order valence-corrected chi connectivity index (χ0v) is 11.5.